The first-order valence-electron chi connectivity index (χ1n) is 7.72. The van der Waals surface area contributed by atoms with E-state index in [1.807, 2.05) is 0 Å². The monoisotopic (exact) mass is 267 g/mol. The largest absolute Gasteiger partial charge is 0.331 e. The van der Waals surface area contributed by atoms with E-state index in [1.165, 1.54) is 29.2 Å². The Morgan fingerprint density at radius 1 is 1.35 bits per heavy atom. The van der Waals surface area contributed by atoms with Crippen LogP contribution in [0.15, 0.2) is 24.3 Å². The lowest BCUT2D eigenvalue weighted by Gasteiger charge is -2.31. The normalized spacial score (nSPS) is 20.1. The zero-order chi connectivity index (χ0) is 13.5. The lowest BCUT2D eigenvalue weighted by atomic mass is 9.77. The predicted molar refractivity (Wildman–Crippen MR) is 79.9 cm³/mol. The molecule has 0 bridgehead atoms. The van der Waals surface area contributed by atoms with Crippen LogP contribution in [0.4, 0.5) is 0 Å². The summed E-state index contributed by atoms with van der Waals surface area (Å²) < 4.78 is 2.51. The number of rotatable bonds is 3. The van der Waals surface area contributed by atoms with Gasteiger partial charge in [-0.05, 0) is 17.5 Å². The molecule has 2 heterocycles. The maximum absolute atomic E-state index is 4.84. The van der Waals surface area contributed by atoms with Gasteiger partial charge in [0.25, 0.3) is 0 Å². The lowest BCUT2D eigenvalue weighted by molar-refractivity contribution is 0.478. The van der Waals surface area contributed by atoms with Crippen molar-refractivity contribution in [3.63, 3.8) is 0 Å². The molecule has 3 heteroatoms. The van der Waals surface area contributed by atoms with Crippen molar-refractivity contribution in [3.8, 4) is 0 Å². The quantitative estimate of drug-likeness (QED) is 0.925. The molecule has 1 N–H and O–H groups in total. The minimum absolute atomic E-state index is 0.685. The van der Waals surface area contributed by atoms with E-state index in [9.17, 15) is 0 Å². The Hall–Kier alpha value is -1.61. The van der Waals surface area contributed by atoms with E-state index >= 15 is 0 Å². The molecule has 2 aliphatic rings. The van der Waals surface area contributed by atoms with E-state index in [0.29, 0.717) is 5.92 Å². The number of nitrogens with zero attached hydrogens (tertiary/aromatic N) is 2. The first kappa shape index (κ1) is 12.2. The second-order valence-corrected chi connectivity index (χ2v) is 5.91. The number of hydrogen-bond donors (Lipinski definition) is 1. The number of nitrogens with one attached hydrogen (secondary N) is 1. The van der Waals surface area contributed by atoms with Crippen LogP contribution in [0.2, 0.25) is 0 Å². The van der Waals surface area contributed by atoms with Crippen molar-refractivity contribution in [2.75, 3.05) is 6.54 Å². The predicted octanol–water partition coefficient (Wildman–Crippen LogP) is 2.43. The van der Waals surface area contributed by atoms with E-state index < -0.39 is 0 Å². The number of fused-ring (bicyclic) bond motifs is 2. The molecule has 20 heavy (non-hydrogen) atoms. The molecule has 2 aromatic rings. The Balaban J connectivity index is 1.65. The highest BCUT2D eigenvalue weighted by Gasteiger charge is 2.28. The van der Waals surface area contributed by atoms with Crippen LogP contribution in [0.25, 0.3) is 0 Å². The van der Waals surface area contributed by atoms with Crippen LogP contribution in [0.5, 0.6) is 0 Å². The van der Waals surface area contributed by atoms with Gasteiger partial charge in [0, 0.05) is 44.1 Å². The summed E-state index contributed by atoms with van der Waals surface area (Å²) in [6.45, 7) is 5.36. The van der Waals surface area contributed by atoms with Gasteiger partial charge in [-0.25, -0.2) is 4.98 Å². The van der Waals surface area contributed by atoms with Gasteiger partial charge in [0.05, 0.1) is 5.69 Å². The molecule has 1 aromatic heterocycles. The Bertz CT molecular complexity index is 642. The van der Waals surface area contributed by atoms with E-state index in [4.69, 9.17) is 4.98 Å². The van der Waals surface area contributed by atoms with E-state index in [0.717, 1.165) is 32.5 Å². The summed E-state index contributed by atoms with van der Waals surface area (Å²) >= 11 is 0. The maximum Gasteiger partial charge on any atom is 0.108 e. The fraction of sp³-hybridized carbons (Fsp3) is 0.471. The third-order valence-corrected chi connectivity index (χ3v) is 4.75. The third-order valence-electron chi connectivity index (χ3n) is 4.75. The van der Waals surface area contributed by atoms with Gasteiger partial charge in [0.1, 0.15) is 5.82 Å². The molecular formula is C17H21N3. The fourth-order valence-corrected chi connectivity index (χ4v) is 3.66. The van der Waals surface area contributed by atoms with Gasteiger partial charge in [0.15, 0.2) is 0 Å². The Morgan fingerprint density at radius 2 is 2.25 bits per heavy atom. The number of benzene rings is 1. The minimum atomic E-state index is 0.685. The van der Waals surface area contributed by atoms with Gasteiger partial charge in [0.2, 0.25) is 0 Å². The first-order chi connectivity index (χ1) is 9.86. The molecule has 1 aliphatic heterocycles. The van der Waals surface area contributed by atoms with Gasteiger partial charge < -0.3 is 9.88 Å². The minimum Gasteiger partial charge on any atom is -0.331 e. The number of aromatic nitrogens is 2. The number of hydrogen-bond acceptors (Lipinski definition) is 2. The Morgan fingerprint density at radius 3 is 3.10 bits per heavy atom. The Labute approximate surface area is 120 Å². The molecule has 0 saturated carbocycles. The molecular weight excluding hydrogens is 246 g/mol. The molecule has 0 radical (unpaired) electrons. The molecule has 1 aromatic carbocycles. The molecule has 1 atom stereocenters. The topological polar surface area (TPSA) is 29.9 Å². The van der Waals surface area contributed by atoms with E-state index in [2.05, 4.69) is 41.1 Å². The second kappa shape index (κ2) is 4.74. The molecule has 3 nitrogen and oxygen atoms in total. The van der Waals surface area contributed by atoms with Crippen molar-refractivity contribution in [2.45, 2.75) is 45.2 Å². The molecule has 0 fully saturated rings. The summed E-state index contributed by atoms with van der Waals surface area (Å²) in [6.07, 6.45) is 3.38. The number of aryl methyl sites for hydroxylation is 1. The van der Waals surface area contributed by atoms with Crippen molar-refractivity contribution in [2.24, 2.45) is 0 Å². The smallest absolute Gasteiger partial charge is 0.108 e. The summed E-state index contributed by atoms with van der Waals surface area (Å²) in [6, 6.07) is 8.87. The highest BCUT2D eigenvalue weighted by atomic mass is 15.1. The van der Waals surface area contributed by atoms with E-state index in [1.54, 1.807) is 5.56 Å². The average molecular weight is 267 g/mol. The highest BCUT2D eigenvalue weighted by Crippen LogP contribution is 2.36. The standard InChI is InChI=1S/C17H21N3/c1-2-17-19-15-10-18-8-7-16(15)20(17)11-13-9-12-5-3-4-6-14(12)13/h3-6,13,18H,2,7-11H2,1H3. The van der Waals surface area contributed by atoms with Crippen molar-refractivity contribution < 1.29 is 0 Å². The molecule has 1 unspecified atom stereocenters. The van der Waals surface area contributed by atoms with Crippen LogP contribution in [0.3, 0.4) is 0 Å². The summed E-state index contributed by atoms with van der Waals surface area (Å²) in [5.41, 5.74) is 5.84. The van der Waals surface area contributed by atoms with Crippen molar-refractivity contribution in [1.29, 1.82) is 0 Å². The van der Waals surface area contributed by atoms with Gasteiger partial charge >= 0.3 is 0 Å². The molecule has 0 spiro atoms. The van der Waals surface area contributed by atoms with Gasteiger partial charge in [-0.1, -0.05) is 31.2 Å². The molecule has 1 aliphatic carbocycles. The maximum atomic E-state index is 4.84. The van der Waals surface area contributed by atoms with Gasteiger partial charge in [-0.2, -0.15) is 0 Å². The van der Waals surface area contributed by atoms with Crippen LogP contribution in [-0.4, -0.2) is 16.1 Å². The highest BCUT2D eigenvalue weighted by molar-refractivity contribution is 5.40. The van der Waals surface area contributed by atoms with Crippen molar-refractivity contribution >= 4 is 0 Å². The lowest BCUT2D eigenvalue weighted by Crippen LogP contribution is -2.27. The van der Waals surface area contributed by atoms with Crippen LogP contribution < -0.4 is 5.32 Å². The number of imidazole rings is 1. The molecule has 104 valence electrons. The summed E-state index contributed by atoms with van der Waals surface area (Å²) in [4.78, 5) is 4.84. The summed E-state index contributed by atoms with van der Waals surface area (Å²) in [7, 11) is 0. The van der Waals surface area contributed by atoms with Crippen LogP contribution >= 0.6 is 0 Å². The SMILES string of the molecule is CCc1nc2c(n1CC1Cc3ccccc31)CCNC2. The van der Waals surface area contributed by atoms with Crippen LogP contribution in [-0.2, 0) is 32.4 Å². The van der Waals surface area contributed by atoms with Crippen molar-refractivity contribution in [3.05, 3.63) is 52.6 Å². The Kier molecular flexibility index (Phi) is 2.88. The molecule has 0 amide bonds. The van der Waals surface area contributed by atoms with Crippen LogP contribution in [0.1, 0.15) is 41.2 Å². The van der Waals surface area contributed by atoms with Gasteiger partial charge in [-0.3, -0.25) is 0 Å². The molecule has 4 rings (SSSR count). The van der Waals surface area contributed by atoms with Crippen molar-refractivity contribution in [1.82, 2.24) is 14.9 Å². The van der Waals surface area contributed by atoms with Gasteiger partial charge in [-0.15, -0.1) is 0 Å². The third kappa shape index (κ3) is 1.80. The van der Waals surface area contributed by atoms with E-state index in [-0.39, 0.29) is 0 Å². The summed E-state index contributed by atoms with van der Waals surface area (Å²) in [5, 5.41) is 3.43. The molecule has 0 saturated heterocycles. The zero-order valence-corrected chi connectivity index (χ0v) is 12.0. The second-order valence-electron chi connectivity index (χ2n) is 5.91. The first-order valence-corrected chi connectivity index (χ1v) is 7.72. The fourth-order valence-electron chi connectivity index (χ4n) is 3.66. The van der Waals surface area contributed by atoms with Crippen LogP contribution in [0, 0.1) is 0 Å². The summed E-state index contributed by atoms with van der Waals surface area (Å²) in [5.74, 6) is 1.95. The zero-order valence-electron chi connectivity index (χ0n) is 12.0. The average Bonchev–Trinajstić information content (AvgIpc) is 2.83.